The third-order valence-corrected chi connectivity index (χ3v) is 4.62. The summed E-state index contributed by atoms with van der Waals surface area (Å²) in [7, 11) is -3.10. The van der Waals surface area contributed by atoms with Gasteiger partial charge in [-0.3, -0.25) is 0 Å². The Morgan fingerprint density at radius 2 is 2.35 bits per heavy atom. The molecule has 1 spiro atoms. The first-order valence-corrected chi connectivity index (χ1v) is 7.03. The molecule has 0 radical (unpaired) electrons. The summed E-state index contributed by atoms with van der Waals surface area (Å²) in [6.07, 6.45) is 1.35. The van der Waals surface area contributed by atoms with Gasteiger partial charge in [0, 0.05) is 0 Å². The molecule has 2 heterocycles. The molecule has 1 unspecified atom stereocenters. The predicted molar refractivity (Wildman–Crippen MR) is 57.3 cm³/mol. The lowest BCUT2D eigenvalue weighted by molar-refractivity contribution is -0.139. The summed E-state index contributed by atoms with van der Waals surface area (Å²) in [6, 6.07) is 0. The summed E-state index contributed by atoms with van der Waals surface area (Å²) in [5.74, 6) is -0.859. The van der Waals surface area contributed by atoms with E-state index in [9.17, 15) is 13.2 Å². The first-order chi connectivity index (χ1) is 7.91. The van der Waals surface area contributed by atoms with Crippen molar-refractivity contribution >= 4 is 21.7 Å². The van der Waals surface area contributed by atoms with E-state index in [4.69, 9.17) is 14.7 Å². The number of carboxylic acids is 1. The maximum atomic E-state index is 11.5. The molecule has 1 fully saturated rings. The van der Waals surface area contributed by atoms with E-state index in [1.807, 2.05) is 0 Å². The number of hydrogen-bond donors (Lipinski definition) is 1. The van der Waals surface area contributed by atoms with Gasteiger partial charge >= 0.3 is 5.97 Å². The van der Waals surface area contributed by atoms with Gasteiger partial charge in [-0.15, -0.1) is 0 Å². The quantitative estimate of drug-likeness (QED) is 0.738. The topological polar surface area (TPSA) is 102 Å². The third-order valence-electron chi connectivity index (χ3n) is 2.75. The Labute approximate surface area is 98.3 Å². The third kappa shape index (κ3) is 2.87. The van der Waals surface area contributed by atoms with E-state index >= 15 is 0 Å². The normalized spacial score (nSPS) is 30.7. The van der Waals surface area contributed by atoms with Crippen LogP contribution in [0.25, 0.3) is 0 Å². The van der Waals surface area contributed by atoms with Gasteiger partial charge < -0.3 is 14.7 Å². The van der Waals surface area contributed by atoms with Crippen LogP contribution in [0.4, 0.5) is 0 Å². The largest absolute Gasteiger partial charge is 0.479 e. The SMILES string of the molecule is O=C(O)COC1=NOC2(CCCS(=O)(=O)C2)C1. The minimum atomic E-state index is -3.10. The lowest BCUT2D eigenvalue weighted by Gasteiger charge is -2.29. The fourth-order valence-electron chi connectivity index (χ4n) is 2.08. The first kappa shape index (κ1) is 12.2. The molecule has 17 heavy (non-hydrogen) atoms. The molecule has 1 saturated heterocycles. The zero-order valence-electron chi connectivity index (χ0n) is 9.09. The van der Waals surface area contributed by atoms with Crippen molar-refractivity contribution in [2.75, 3.05) is 18.1 Å². The van der Waals surface area contributed by atoms with Crippen molar-refractivity contribution in [1.82, 2.24) is 0 Å². The van der Waals surface area contributed by atoms with Gasteiger partial charge in [-0.2, -0.15) is 0 Å². The lowest BCUT2D eigenvalue weighted by Crippen LogP contribution is -2.42. The van der Waals surface area contributed by atoms with Crippen LogP contribution in [0.1, 0.15) is 19.3 Å². The molecular weight excluding hydrogens is 250 g/mol. The maximum Gasteiger partial charge on any atom is 0.341 e. The van der Waals surface area contributed by atoms with Gasteiger partial charge in [-0.05, 0) is 12.8 Å². The fourth-order valence-corrected chi connectivity index (χ4v) is 3.91. The van der Waals surface area contributed by atoms with E-state index in [0.717, 1.165) is 0 Å². The van der Waals surface area contributed by atoms with Crippen LogP contribution in [-0.2, 0) is 24.2 Å². The highest BCUT2D eigenvalue weighted by Gasteiger charge is 2.46. The van der Waals surface area contributed by atoms with Crippen molar-refractivity contribution in [3.05, 3.63) is 0 Å². The van der Waals surface area contributed by atoms with Crippen molar-refractivity contribution < 1.29 is 27.9 Å². The van der Waals surface area contributed by atoms with Gasteiger partial charge in [0.15, 0.2) is 22.0 Å². The second kappa shape index (κ2) is 4.17. The second-order valence-corrected chi connectivity index (χ2v) is 6.50. The molecule has 0 aromatic carbocycles. The summed E-state index contributed by atoms with van der Waals surface area (Å²) >= 11 is 0. The number of carbonyl (C=O) groups is 1. The molecule has 0 bridgehead atoms. The fraction of sp³-hybridized carbons (Fsp3) is 0.778. The molecule has 0 aliphatic carbocycles. The Kier molecular flexibility index (Phi) is 2.98. The van der Waals surface area contributed by atoms with Gasteiger partial charge in [-0.1, -0.05) is 5.16 Å². The summed E-state index contributed by atoms with van der Waals surface area (Å²) in [4.78, 5) is 15.5. The van der Waals surface area contributed by atoms with Crippen LogP contribution < -0.4 is 0 Å². The number of nitrogens with zero attached hydrogens (tertiary/aromatic N) is 1. The van der Waals surface area contributed by atoms with Gasteiger partial charge in [-0.25, -0.2) is 13.2 Å². The van der Waals surface area contributed by atoms with Crippen molar-refractivity contribution in [3.8, 4) is 0 Å². The van der Waals surface area contributed by atoms with Gasteiger partial charge in [0.25, 0.3) is 0 Å². The molecular formula is C9H13NO6S. The molecule has 2 aliphatic heterocycles. The molecule has 0 aromatic rings. The Hall–Kier alpha value is -1.31. The molecule has 8 heteroatoms. The zero-order chi connectivity index (χ0) is 12.5. The van der Waals surface area contributed by atoms with Crippen LogP contribution in [0.5, 0.6) is 0 Å². The van der Waals surface area contributed by atoms with Crippen LogP contribution in [0.2, 0.25) is 0 Å². The molecule has 96 valence electrons. The monoisotopic (exact) mass is 263 g/mol. The number of sulfone groups is 1. The van der Waals surface area contributed by atoms with Gasteiger partial charge in [0.05, 0.1) is 17.9 Å². The van der Waals surface area contributed by atoms with E-state index in [-0.39, 0.29) is 23.8 Å². The second-order valence-electron chi connectivity index (χ2n) is 4.31. The van der Waals surface area contributed by atoms with Crippen LogP contribution in [0.15, 0.2) is 5.16 Å². The molecule has 2 aliphatic rings. The molecule has 7 nitrogen and oxygen atoms in total. The average molecular weight is 263 g/mol. The lowest BCUT2D eigenvalue weighted by atomic mass is 9.96. The zero-order valence-corrected chi connectivity index (χ0v) is 9.90. The van der Waals surface area contributed by atoms with Crippen molar-refractivity contribution in [1.29, 1.82) is 0 Å². The first-order valence-electron chi connectivity index (χ1n) is 5.21. The summed E-state index contributed by atoms with van der Waals surface area (Å²) in [6.45, 7) is -0.495. The summed E-state index contributed by atoms with van der Waals surface area (Å²) in [5.41, 5.74) is -0.842. The van der Waals surface area contributed by atoms with Gasteiger partial charge in [0.2, 0.25) is 5.90 Å². The molecule has 2 rings (SSSR count). The highest BCUT2D eigenvalue weighted by Crippen LogP contribution is 2.34. The number of rotatable bonds is 2. The molecule has 0 amide bonds. The Morgan fingerprint density at radius 1 is 1.59 bits per heavy atom. The molecule has 1 N–H and O–H groups in total. The van der Waals surface area contributed by atoms with E-state index in [2.05, 4.69) is 5.16 Å². The summed E-state index contributed by atoms with van der Waals surface area (Å²) < 4.78 is 27.9. The molecule has 0 saturated carbocycles. The minimum Gasteiger partial charge on any atom is -0.479 e. The van der Waals surface area contributed by atoms with Crippen LogP contribution in [-0.4, -0.2) is 49.1 Å². The van der Waals surface area contributed by atoms with Crippen molar-refractivity contribution in [3.63, 3.8) is 0 Å². The van der Waals surface area contributed by atoms with E-state index in [1.165, 1.54) is 0 Å². The highest BCUT2D eigenvalue weighted by molar-refractivity contribution is 7.91. The Bertz CT molecular complexity index is 456. The standard InChI is InChI=1S/C9H13NO6S/c11-8(12)5-15-7-4-9(16-10-7)2-1-3-17(13,14)6-9/h1-6H2,(H,11,12). The van der Waals surface area contributed by atoms with Crippen LogP contribution >= 0.6 is 0 Å². The van der Waals surface area contributed by atoms with E-state index in [0.29, 0.717) is 12.8 Å². The van der Waals surface area contributed by atoms with E-state index < -0.39 is 28.0 Å². The number of ether oxygens (including phenoxy) is 1. The maximum absolute atomic E-state index is 11.5. The Balaban J connectivity index is 1.96. The van der Waals surface area contributed by atoms with E-state index in [1.54, 1.807) is 0 Å². The average Bonchev–Trinajstić information content (AvgIpc) is 2.56. The number of oxime groups is 1. The van der Waals surface area contributed by atoms with Crippen molar-refractivity contribution in [2.24, 2.45) is 5.16 Å². The predicted octanol–water partition coefficient (Wildman–Crippen LogP) is -0.231. The van der Waals surface area contributed by atoms with Gasteiger partial charge in [0.1, 0.15) is 0 Å². The van der Waals surface area contributed by atoms with Crippen molar-refractivity contribution in [2.45, 2.75) is 24.9 Å². The Morgan fingerprint density at radius 3 is 3.00 bits per heavy atom. The number of hydrogen-bond acceptors (Lipinski definition) is 6. The molecule has 1 atom stereocenters. The number of aliphatic carboxylic acids is 1. The van der Waals surface area contributed by atoms with Crippen LogP contribution in [0, 0.1) is 0 Å². The smallest absolute Gasteiger partial charge is 0.341 e. The molecule has 0 aromatic heterocycles. The highest BCUT2D eigenvalue weighted by atomic mass is 32.2. The minimum absolute atomic E-state index is 0.0799. The van der Waals surface area contributed by atoms with Crippen LogP contribution in [0.3, 0.4) is 0 Å². The number of carboxylic acid groups (broad SMARTS) is 1. The summed E-state index contributed by atoms with van der Waals surface area (Å²) in [5, 5.41) is 12.1.